The first kappa shape index (κ1) is 16.8. The van der Waals surface area contributed by atoms with E-state index in [2.05, 4.69) is 10.3 Å². The molecule has 1 N–H and O–H groups in total. The molecule has 0 radical (unpaired) electrons. The molecule has 3 rings (SSSR count). The molecule has 126 valence electrons. The van der Waals surface area contributed by atoms with Gasteiger partial charge in [-0.25, -0.2) is 0 Å². The minimum Gasteiger partial charge on any atom is -0.483 e. The van der Waals surface area contributed by atoms with Crippen molar-refractivity contribution in [1.29, 1.82) is 0 Å². The third kappa shape index (κ3) is 4.48. The fourth-order valence-corrected chi connectivity index (χ4v) is 3.34. The van der Waals surface area contributed by atoms with Crippen LogP contribution in [0.25, 0.3) is 0 Å². The summed E-state index contributed by atoms with van der Waals surface area (Å²) in [6.07, 6.45) is 9.33. The van der Waals surface area contributed by atoms with Gasteiger partial charge in [0.2, 0.25) is 0 Å². The van der Waals surface area contributed by atoms with Gasteiger partial charge in [0.15, 0.2) is 6.61 Å². The average molecular weight is 345 g/mol. The molecule has 4 nitrogen and oxygen atoms in total. The molecular formula is C19H21ClN2O2. The molecule has 0 saturated heterocycles. The fraction of sp³-hybridized carbons (Fsp3) is 0.368. The molecule has 0 atom stereocenters. The second-order valence-corrected chi connectivity index (χ2v) is 6.53. The van der Waals surface area contributed by atoms with Gasteiger partial charge in [0, 0.05) is 11.2 Å². The first-order chi connectivity index (χ1) is 11.7. The predicted molar refractivity (Wildman–Crippen MR) is 95.6 cm³/mol. The zero-order valence-corrected chi connectivity index (χ0v) is 14.3. The number of carbonyl (C=O) groups excluding carboxylic acids is 1. The summed E-state index contributed by atoms with van der Waals surface area (Å²) in [6.45, 7) is -0.0315. The van der Waals surface area contributed by atoms with E-state index in [1.807, 2.05) is 18.2 Å². The van der Waals surface area contributed by atoms with E-state index in [1.165, 1.54) is 19.3 Å². The zero-order valence-electron chi connectivity index (χ0n) is 13.5. The van der Waals surface area contributed by atoms with Crippen LogP contribution >= 0.6 is 11.6 Å². The predicted octanol–water partition coefficient (Wildman–Crippen LogP) is 4.80. The van der Waals surface area contributed by atoms with Crippen LogP contribution in [0.1, 0.15) is 43.6 Å². The summed E-state index contributed by atoms with van der Waals surface area (Å²) < 4.78 is 5.79. The number of ether oxygens (including phenoxy) is 1. The van der Waals surface area contributed by atoms with Crippen molar-refractivity contribution < 1.29 is 9.53 Å². The van der Waals surface area contributed by atoms with Gasteiger partial charge >= 0.3 is 0 Å². The standard InChI is InChI=1S/C19H21ClN2O2/c20-15-8-9-18(17(11-15)14-5-2-1-3-6-14)24-13-19(23)22-16-7-4-10-21-12-16/h4,7-12,14H,1-3,5-6,13H2,(H,22,23). The molecule has 1 heterocycles. The van der Waals surface area contributed by atoms with Crippen molar-refractivity contribution in [2.24, 2.45) is 0 Å². The first-order valence-corrected chi connectivity index (χ1v) is 8.72. The first-order valence-electron chi connectivity index (χ1n) is 8.34. The maximum absolute atomic E-state index is 12.1. The normalized spacial score (nSPS) is 15.0. The molecule has 2 aromatic rings. The van der Waals surface area contributed by atoms with Crippen LogP contribution in [0.15, 0.2) is 42.7 Å². The number of anilines is 1. The summed E-state index contributed by atoms with van der Waals surface area (Å²) in [5.74, 6) is 1.02. The molecule has 1 aliphatic carbocycles. The van der Waals surface area contributed by atoms with E-state index in [0.29, 0.717) is 16.6 Å². The van der Waals surface area contributed by atoms with Crippen molar-refractivity contribution in [2.75, 3.05) is 11.9 Å². The van der Waals surface area contributed by atoms with E-state index in [4.69, 9.17) is 16.3 Å². The third-order valence-electron chi connectivity index (χ3n) is 4.32. The van der Waals surface area contributed by atoms with E-state index in [9.17, 15) is 4.79 Å². The van der Waals surface area contributed by atoms with Gasteiger partial charge in [0.05, 0.1) is 11.9 Å². The highest BCUT2D eigenvalue weighted by Gasteiger charge is 2.20. The molecule has 1 amide bonds. The van der Waals surface area contributed by atoms with Gasteiger partial charge in [-0.1, -0.05) is 30.9 Å². The van der Waals surface area contributed by atoms with Crippen molar-refractivity contribution in [3.63, 3.8) is 0 Å². The summed E-state index contributed by atoms with van der Waals surface area (Å²) in [7, 11) is 0. The summed E-state index contributed by atoms with van der Waals surface area (Å²) >= 11 is 6.16. The Morgan fingerprint density at radius 1 is 1.25 bits per heavy atom. The van der Waals surface area contributed by atoms with Gasteiger partial charge in [-0.15, -0.1) is 0 Å². The number of carbonyl (C=O) groups is 1. The topological polar surface area (TPSA) is 51.2 Å². The van der Waals surface area contributed by atoms with Crippen LogP contribution in [-0.4, -0.2) is 17.5 Å². The number of nitrogens with one attached hydrogen (secondary N) is 1. The van der Waals surface area contributed by atoms with Crippen LogP contribution in [-0.2, 0) is 4.79 Å². The van der Waals surface area contributed by atoms with Gasteiger partial charge in [0.25, 0.3) is 5.91 Å². The Hall–Kier alpha value is -2.07. The van der Waals surface area contributed by atoms with Crippen LogP contribution in [0.2, 0.25) is 5.02 Å². The minimum atomic E-state index is -0.201. The van der Waals surface area contributed by atoms with E-state index < -0.39 is 0 Å². The highest BCUT2D eigenvalue weighted by molar-refractivity contribution is 6.30. The van der Waals surface area contributed by atoms with Crippen molar-refractivity contribution in [2.45, 2.75) is 38.0 Å². The lowest BCUT2D eigenvalue weighted by atomic mass is 9.84. The molecule has 1 aliphatic rings. The van der Waals surface area contributed by atoms with E-state index >= 15 is 0 Å². The van der Waals surface area contributed by atoms with Crippen LogP contribution in [0.4, 0.5) is 5.69 Å². The Morgan fingerprint density at radius 2 is 2.08 bits per heavy atom. The molecular weight excluding hydrogens is 324 g/mol. The largest absolute Gasteiger partial charge is 0.483 e. The van der Waals surface area contributed by atoms with Crippen molar-refractivity contribution >= 4 is 23.2 Å². The van der Waals surface area contributed by atoms with Gasteiger partial charge in [-0.2, -0.15) is 0 Å². The minimum absolute atomic E-state index is 0.0315. The number of nitrogens with zero attached hydrogens (tertiary/aromatic N) is 1. The third-order valence-corrected chi connectivity index (χ3v) is 4.56. The highest BCUT2D eigenvalue weighted by Crippen LogP contribution is 2.38. The van der Waals surface area contributed by atoms with Crippen LogP contribution in [0.3, 0.4) is 0 Å². The molecule has 1 fully saturated rings. The van der Waals surface area contributed by atoms with Gasteiger partial charge in [-0.3, -0.25) is 9.78 Å². The number of halogens is 1. The number of benzene rings is 1. The Kier molecular flexibility index (Phi) is 5.70. The van der Waals surface area contributed by atoms with Crippen LogP contribution in [0, 0.1) is 0 Å². The molecule has 0 bridgehead atoms. The maximum Gasteiger partial charge on any atom is 0.262 e. The summed E-state index contributed by atoms with van der Waals surface area (Å²) in [5.41, 5.74) is 1.78. The number of pyridine rings is 1. The molecule has 1 saturated carbocycles. The molecule has 24 heavy (non-hydrogen) atoms. The van der Waals surface area contributed by atoms with Gasteiger partial charge < -0.3 is 10.1 Å². The Morgan fingerprint density at radius 3 is 2.83 bits per heavy atom. The lowest BCUT2D eigenvalue weighted by Crippen LogP contribution is -2.21. The molecule has 0 aliphatic heterocycles. The van der Waals surface area contributed by atoms with E-state index in [-0.39, 0.29) is 12.5 Å². The number of aromatic nitrogens is 1. The number of rotatable bonds is 5. The molecule has 5 heteroatoms. The molecule has 1 aromatic carbocycles. The van der Waals surface area contributed by atoms with Gasteiger partial charge in [-0.05, 0) is 54.7 Å². The number of hydrogen-bond donors (Lipinski definition) is 1. The molecule has 0 spiro atoms. The molecule has 1 aromatic heterocycles. The van der Waals surface area contributed by atoms with Crippen molar-refractivity contribution in [3.8, 4) is 5.75 Å². The Balaban J connectivity index is 1.65. The monoisotopic (exact) mass is 344 g/mol. The fourth-order valence-electron chi connectivity index (χ4n) is 3.16. The van der Waals surface area contributed by atoms with Crippen LogP contribution in [0.5, 0.6) is 5.75 Å². The quantitative estimate of drug-likeness (QED) is 0.847. The summed E-state index contributed by atoms with van der Waals surface area (Å²) in [5, 5.41) is 3.48. The Bertz CT molecular complexity index is 685. The van der Waals surface area contributed by atoms with E-state index in [1.54, 1.807) is 24.5 Å². The highest BCUT2D eigenvalue weighted by atomic mass is 35.5. The summed E-state index contributed by atoms with van der Waals surface area (Å²) in [4.78, 5) is 16.0. The second kappa shape index (κ2) is 8.15. The average Bonchev–Trinajstić information content (AvgIpc) is 2.62. The summed E-state index contributed by atoms with van der Waals surface area (Å²) in [6, 6.07) is 9.22. The zero-order chi connectivity index (χ0) is 16.8. The Labute approximate surface area is 147 Å². The second-order valence-electron chi connectivity index (χ2n) is 6.10. The smallest absolute Gasteiger partial charge is 0.262 e. The number of amides is 1. The maximum atomic E-state index is 12.1. The molecule has 0 unspecified atom stereocenters. The van der Waals surface area contributed by atoms with E-state index in [0.717, 1.165) is 24.2 Å². The van der Waals surface area contributed by atoms with Crippen LogP contribution < -0.4 is 10.1 Å². The van der Waals surface area contributed by atoms with Gasteiger partial charge in [0.1, 0.15) is 5.75 Å². The lowest BCUT2D eigenvalue weighted by Gasteiger charge is -2.24. The van der Waals surface area contributed by atoms with Crippen molar-refractivity contribution in [3.05, 3.63) is 53.3 Å². The lowest BCUT2D eigenvalue weighted by molar-refractivity contribution is -0.118. The SMILES string of the molecule is O=C(COc1ccc(Cl)cc1C1CCCCC1)Nc1cccnc1. The van der Waals surface area contributed by atoms with Crippen molar-refractivity contribution in [1.82, 2.24) is 4.98 Å². The number of hydrogen-bond acceptors (Lipinski definition) is 3.